The summed E-state index contributed by atoms with van der Waals surface area (Å²) in [6.45, 7) is 4.16. The Morgan fingerprint density at radius 2 is 1.72 bits per heavy atom. The minimum atomic E-state index is -1.07. The van der Waals surface area contributed by atoms with E-state index >= 15 is 0 Å². The van der Waals surface area contributed by atoms with Crippen molar-refractivity contribution in [3.63, 3.8) is 0 Å². The fourth-order valence-electron chi connectivity index (χ4n) is 2.75. The monoisotopic (exact) mass is 340 g/mol. The molecule has 1 saturated heterocycles. The van der Waals surface area contributed by atoms with Gasteiger partial charge in [-0.2, -0.15) is 0 Å². The first-order chi connectivity index (χ1) is 12.1. The Morgan fingerprint density at radius 3 is 2.40 bits per heavy atom. The molecule has 1 amide bonds. The van der Waals surface area contributed by atoms with Gasteiger partial charge in [0, 0.05) is 25.2 Å². The van der Waals surface area contributed by atoms with Crippen LogP contribution < -0.4 is 5.32 Å². The van der Waals surface area contributed by atoms with Crippen molar-refractivity contribution in [1.29, 1.82) is 0 Å². The van der Waals surface area contributed by atoms with E-state index in [2.05, 4.69) is 10.2 Å². The van der Waals surface area contributed by atoms with Gasteiger partial charge < -0.3 is 15.2 Å². The molecule has 0 aromatic heterocycles. The lowest BCUT2D eigenvalue weighted by atomic mass is 10.1. The van der Waals surface area contributed by atoms with Crippen LogP contribution in [-0.4, -0.2) is 48.2 Å². The Labute approximate surface area is 146 Å². The Kier molecular flexibility index (Phi) is 5.42. The van der Waals surface area contributed by atoms with E-state index in [1.807, 2.05) is 12.1 Å². The van der Waals surface area contributed by atoms with Crippen LogP contribution >= 0.6 is 0 Å². The first-order valence-electron chi connectivity index (χ1n) is 8.16. The molecule has 0 saturated carbocycles. The van der Waals surface area contributed by atoms with Crippen LogP contribution in [0.1, 0.15) is 26.3 Å². The summed E-state index contributed by atoms with van der Waals surface area (Å²) in [5.74, 6) is -1.40. The molecule has 6 heteroatoms. The number of ether oxygens (including phenoxy) is 1. The zero-order valence-corrected chi connectivity index (χ0v) is 13.8. The number of nitrogens with one attached hydrogen (secondary N) is 1. The maximum Gasteiger partial charge on any atom is 0.337 e. The molecule has 0 radical (unpaired) electrons. The van der Waals surface area contributed by atoms with Crippen molar-refractivity contribution < 1.29 is 19.4 Å². The van der Waals surface area contributed by atoms with Crippen molar-refractivity contribution in [2.24, 2.45) is 0 Å². The van der Waals surface area contributed by atoms with E-state index in [0.29, 0.717) is 5.56 Å². The standard InChI is InChI=1S/C19H20N2O4/c22-18(20-17-4-2-1-3-16(17)19(23)24)15-7-5-14(6-8-15)13-21-9-11-25-12-10-21/h1-8H,9-13H2,(H,20,22)(H,23,24). The predicted molar refractivity (Wildman–Crippen MR) is 93.9 cm³/mol. The number of carbonyl (C=O) groups is 2. The van der Waals surface area contributed by atoms with E-state index in [1.54, 1.807) is 30.3 Å². The summed E-state index contributed by atoms with van der Waals surface area (Å²) in [4.78, 5) is 25.9. The molecular formula is C19H20N2O4. The summed E-state index contributed by atoms with van der Waals surface area (Å²) in [6, 6.07) is 13.7. The Balaban J connectivity index is 1.66. The van der Waals surface area contributed by atoms with Crippen LogP contribution in [-0.2, 0) is 11.3 Å². The molecule has 0 bridgehead atoms. The molecular weight excluding hydrogens is 320 g/mol. The molecule has 3 rings (SSSR count). The highest BCUT2D eigenvalue weighted by atomic mass is 16.5. The van der Waals surface area contributed by atoms with Gasteiger partial charge in [0.15, 0.2) is 0 Å². The summed E-state index contributed by atoms with van der Waals surface area (Å²) in [7, 11) is 0. The number of carbonyl (C=O) groups excluding carboxylic acids is 1. The van der Waals surface area contributed by atoms with Gasteiger partial charge in [-0.25, -0.2) is 4.79 Å². The number of benzene rings is 2. The van der Waals surface area contributed by atoms with Crippen LogP contribution in [0.3, 0.4) is 0 Å². The van der Waals surface area contributed by atoms with Crippen molar-refractivity contribution in [3.8, 4) is 0 Å². The van der Waals surface area contributed by atoms with Crippen LogP contribution in [0.25, 0.3) is 0 Å². The third kappa shape index (κ3) is 4.43. The topological polar surface area (TPSA) is 78.9 Å². The molecule has 0 atom stereocenters. The van der Waals surface area contributed by atoms with Gasteiger partial charge in [0.2, 0.25) is 0 Å². The summed E-state index contributed by atoms with van der Waals surface area (Å²) >= 11 is 0. The number of morpholine rings is 1. The molecule has 1 aliphatic rings. The molecule has 2 aromatic carbocycles. The molecule has 2 aromatic rings. The first-order valence-corrected chi connectivity index (χ1v) is 8.16. The lowest BCUT2D eigenvalue weighted by Gasteiger charge is -2.26. The van der Waals surface area contributed by atoms with Gasteiger partial charge >= 0.3 is 5.97 Å². The average Bonchev–Trinajstić information content (AvgIpc) is 2.63. The van der Waals surface area contributed by atoms with Crippen molar-refractivity contribution >= 4 is 17.6 Å². The molecule has 0 unspecified atom stereocenters. The van der Waals surface area contributed by atoms with Gasteiger partial charge in [-0.05, 0) is 29.8 Å². The third-order valence-electron chi connectivity index (χ3n) is 4.13. The fourth-order valence-corrected chi connectivity index (χ4v) is 2.75. The molecule has 1 fully saturated rings. The zero-order chi connectivity index (χ0) is 17.6. The molecule has 1 heterocycles. The van der Waals surface area contributed by atoms with E-state index in [-0.39, 0.29) is 17.2 Å². The highest BCUT2D eigenvalue weighted by molar-refractivity contribution is 6.07. The molecule has 1 aliphatic heterocycles. The van der Waals surface area contributed by atoms with Crippen LogP contribution in [0.5, 0.6) is 0 Å². The van der Waals surface area contributed by atoms with E-state index in [4.69, 9.17) is 4.74 Å². The molecule has 25 heavy (non-hydrogen) atoms. The lowest BCUT2D eigenvalue weighted by molar-refractivity contribution is 0.0342. The number of hydrogen-bond donors (Lipinski definition) is 2. The Morgan fingerprint density at radius 1 is 1.04 bits per heavy atom. The molecule has 0 aliphatic carbocycles. The van der Waals surface area contributed by atoms with Crippen molar-refractivity contribution in [2.45, 2.75) is 6.54 Å². The number of hydrogen-bond acceptors (Lipinski definition) is 4. The van der Waals surface area contributed by atoms with Gasteiger partial charge in [0.05, 0.1) is 24.5 Å². The quantitative estimate of drug-likeness (QED) is 0.874. The van der Waals surface area contributed by atoms with Crippen molar-refractivity contribution in [3.05, 3.63) is 65.2 Å². The largest absolute Gasteiger partial charge is 0.478 e. The lowest BCUT2D eigenvalue weighted by Crippen LogP contribution is -2.35. The van der Waals surface area contributed by atoms with Gasteiger partial charge in [-0.15, -0.1) is 0 Å². The molecule has 130 valence electrons. The van der Waals surface area contributed by atoms with Crippen LogP contribution in [0.2, 0.25) is 0 Å². The number of aromatic carboxylic acids is 1. The maximum atomic E-state index is 12.4. The number of carboxylic acids is 1. The number of carboxylic acid groups (broad SMARTS) is 1. The average molecular weight is 340 g/mol. The normalized spacial score (nSPS) is 14.9. The van der Waals surface area contributed by atoms with E-state index < -0.39 is 5.97 Å². The van der Waals surface area contributed by atoms with Crippen molar-refractivity contribution in [2.75, 3.05) is 31.6 Å². The van der Waals surface area contributed by atoms with Gasteiger partial charge in [0.25, 0.3) is 5.91 Å². The minimum absolute atomic E-state index is 0.0692. The number of anilines is 1. The van der Waals surface area contributed by atoms with Gasteiger partial charge in [0.1, 0.15) is 0 Å². The van der Waals surface area contributed by atoms with Crippen LogP contribution in [0, 0.1) is 0 Å². The van der Waals surface area contributed by atoms with Gasteiger partial charge in [-0.1, -0.05) is 24.3 Å². The second kappa shape index (κ2) is 7.92. The first kappa shape index (κ1) is 17.1. The summed E-state index contributed by atoms with van der Waals surface area (Å²) in [5, 5.41) is 11.8. The molecule has 6 nitrogen and oxygen atoms in total. The van der Waals surface area contributed by atoms with Gasteiger partial charge in [-0.3, -0.25) is 9.69 Å². The maximum absolute atomic E-state index is 12.4. The van der Waals surface area contributed by atoms with E-state index in [9.17, 15) is 14.7 Å². The zero-order valence-electron chi connectivity index (χ0n) is 13.8. The van der Waals surface area contributed by atoms with E-state index in [0.717, 1.165) is 38.4 Å². The minimum Gasteiger partial charge on any atom is -0.478 e. The van der Waals surface area contributed by atoms with Crippen molar-refractivity contribution in [1.82, 2.24) is 4.90 Å². The molecule has 0 spiro atoms. The number of para-hydroxylation sites is 1. The van der Waals surface area contributed by atoms with Crippen LogP contribution in [0.4, 0.5) is 5.69 Å². The summed E-state index contributed by atoms with van der Waals surface area (Å²) < 4.78 is 5.33. The second-order valence-corrected chi connectivity index (χ2v) is 5.89. The SMILES string of the molecule is O=C(Nc1ccccc1C(=O)O)c1ccc(CN2CCOCC2)cc1. The second-order valence-electron chi connectivity index (χ2n) is 5.89. The summed E-state index contributed by atoms with van der Waals surface area (Å²) in [6.07, 6.45) is 0. The fraction of sp³-hybridized carbons (Fsp3) is 0.263. The predicted octanol–water partition coefficient (Wildman–Crippen LogP) is 2.47. The van der Waals surface area contributed by atoms with E-state index in [1.165, 1.54) is 6.07 Å². The summed E-state index contributed by atoms with van der Waals surface area (Å²) in [5.41, 5.74) is 1.98. The highest BCUT2D eigenvalue weighted by Crippen LogP contribution is 2.17. The number of nitrogens with zero attached hydrogens (tertiary/aromatic N) is 1. The Bertz CT molecular complexity index is 752. The third-order valence-corrected chi connectivity index (χ3v) is 4.13. The number of amides is 1. The Hall–Kier alpha value is -2.70. The van der Waals surface area contributed by atoms with Crippen LogP contribution in [0.15, 0.2) is 48.5 Å². The number of rotatable bonds is 5. The smallest absolute Gasteiger partial charge is 0.337 e. The molecule has 2 N–H and O–H groups in total. The highest BCUT2D eigenvalue weighted by Gasteiger charge is 2.14.